The van der Waals surface area contributed by atoms with Gasteiger partial charge in [0.2, 0.25) is 0 Å². The summed E-state index contributed by atoms with van der Waals surface area (Å²) in [5.74, 6) is 0. The summed E-state index contributed by atoms with van der Waals surface area (Å²) in [6.45, 7) is 5.18. The minimum Gasteiger partial charge on any atom is -0.295 e. The third kappa shape index (κ3) is 6.23. The Morgan fingerprint density at radius 1 is 0.697 bits per heavy atom. The molecule has 0 radical (unpaired) electrons. The van der Waals surface area contributed by atoms with E-state index in [9.17, 15) is 0 Å². The van der Waals surface area contributed by atoms with Crippen molar-refractivity contribution >= 4 is 36.2 Å². The summed E-state index contributed by atoms with van der Waals surface area (Å²) in [5, 5.41) is 3.33. The highest BCUT2D eigenvalue weighted by atomic mass is 35.5. The Hall–Kier alpha value is -2.21. The van der Waals surface area contributed by atoms with Gasteiger partial charge in [-0.15, -0.1) is 36.2 Å². The molecule has 0 amide bonds. The van der Waals surface area contributed by atoms with E-state index in [1.807, 2.05) is 0 Å². The van der Waals surface area contributed by atoms with Gasteiger partial charge in [-0.3, -0.25) is 9.80 Å². The van der Waals surface area contributed by atoms with E-state index in [0.29, 0.717) is 6.04 Å². The molecule has 1 aliphatic heterocycles. The molecule has 0 N–H and O–H groups in total. The molecular formula is C27H29Cl2N3S. The molecule has 3 nitrogen and oxygen atoms in total. The zero-order valence-corrected chi connectivity index (χ0v) is 20.9. The first kappa shape index (κ1) is 25.4. The maximum Gasteiger partial charge on any atom is 0.123 e. The van der Waals surface area contributed by atoms with Gasteiger partial charge in [-0.1, -0.05) is 91.0 Å². The van der Waals surface area contributed by atoms with Crippen molar-refractivity contribution in [3.8, 4) is 10.6 Å². The molecule has 1 aliphatic rings. The lowest BCUT2D eigenvalue weighted by Crippen LogP contribution is -2.47. The zero-order chi connectivity index (χ0) is 20.9. The van der Waals surface area contributed by atoms with Crippen LogP contribution in [0.1, 0.15) is 22.9 Å². The van der Waals surface area contributed by atoms with Crippen LogP contribution in [0.4, 0.5) is 0 Å². The Kier molecular flexibility index (Phi) is 9.48. The summed E-state index contributed by atoms with van der Waals surface area (Å²) >= 11 is 1.74. The topological polar surface area (TPSA) is 19.4 Å². The van der Waals surface area contributed by atoms with Crippen molar-refractivity contribution in [3.63, 3.8) is 0 Å². The largest absolute Gasteiger partial charge is 0.295 e. The molecule has 33 heavy (non-hydrogen) atoms. The Balaban J connectivity index is 0.00000153. The fourth-order valence-corrected chi connectivity index (χ4v) is 5.20. The number of thiazole rings is 1. The summed E-state index contributed by atoms with van der Waals surface area (Å²) in [4.78, 5) is 10.0. The van der Waals surface area contributed by atoms with Crippen LogP contribution in [0.2, 0.25) is 0 Å². The number of aromatic nitrogens is 1. The Morgan fingerprint density at radius 2 is 1.21 bits per heavy atom. The van der Waals surface area contributed by atoms with Gasteiger partial charge in [0.1, 0.15) is 5.01 Å². The Morgan fingerprint density at radius 3 is 1.76 bits per heavy atom. The van der Waals surface area contributed by atoms with Crippen molar-refractivity contribution in [2.24, 2.45) is 0 Å². The van der Waals surface area contributed by atoms with Crippen molar-refractivity contribution in [3.05, 3.63) is 113 Å². The average molecular weight is 499 g/mol. The van der Waals surface area contributed by atoms with E-state index in [0.717, 1.165) is 37.7 Å². The summed E-state index contributed by atoms with van der Waals surface area (Å²) < 4.78 is 0. The third-order valence-electron chi connectivity index (χ3n) is 5.96. The molecule has 0 atom stereocenters. The normalized spacial score (nSPS) is 14.5. The minimum absolute atomic E-state index is 0. The summed E-state index contributed by atoms with van der Waals surface area (Å²) in [5.41, 5.74) is 5.13. The molecule has 172 valence electrons. The quantitative estimate of drug-likeness (QED) is 0.300. The van der Waals surface area contributed by atoms with Crippen LogP contribution >= 0.6 is 36.2 Å². The first-order valence-corrected chi connectivity index (χ1v) is 11.8. The number of halogens is 2. The highest BCUT2D eigenvalue weighted by Gasteiger charge is 2.26. The lowest BCUT2D eigenvalue weighted by Gasteiger charge is -2.39. The van der Waals surface area contributed by atoms with Crippen LogP contribution in [0.15, 0.2) is 96.4 Å². The van der Waals surface area contributed by atoms with Gasteiger partial charge >= 0.3 is 0 Å². The van der Waals surface area contributed by atoms with Crippen molar-refractivity contribution in [2.45, 2.75) is 12.6 Å². The lowest BCUT2D eigenvalue weighted by molar-refractivity contribution is 0.104. The van der Waals surface area contributed by atoms with Gasteiger partial charge in [0.15, 0.2) is 0 Å². The van der Waals surface area contributed by atoms with E-state index in [-0.39, 0.29) is 24.8 Å². The van der Waals surface area contributed by atoms with Gasteiger partial charge < -0.3 is 0 Å². The van der Waals surface area contributed by atoms with Crippen LogP contribution in [-0.2, 0) is 6.54 Å². The molecule has 1 saturated heterocycles. The number of rotatable bonds is 6. The van der Waals surface area contributed by atoms with Crippen molar-refractivity contribution in [1.82, 2.24) is 14.8 Å². The molecule has 0 spiro atoms. The van der Waals surface area contributed by atoms with Gasteiger partial charge in [0.25, 0.3) is 0 Å². The van der Waals surface area contributed by atoms with Crippen LogP contribution in [0, 0.1) is 0 Å². The third-order valence-corrected chi connectivity index (χ3v) is 6.90. The zero-order valence-electron chi connectivity index (χ0n) is 18.4. The number of benzene rings is 3. The fraction of sp³-hybridized carbons (Fsp3) is 0.222. The minimum atomic E-state index is 0. The molecule has 1 fully saturated rings. The molecule has 0 aliphatic carbocycles. The van der Waals surface area contributed by atoms with Gasteiger partial charge in [-0.05, 0) is 11.1 Å². The summed E-state index contributed by atoms with van der Waals surface area (Å²) in [7, 11) is 0. The molecule has 2 heterocycles. The van der Waals surface area contributed by atoms with Gasteiger partial charge in [0.05, 0.1) is 11.7 Å². The Labute approximate surface area is 212 Å². The number of hydrogen-bond donors (Lipinski definition) is 0. The fourth-order valence-electron chi connectivity index (χ4n) is 4.39. The lowest BCUT2D eigenvalue weighted by atomic mass is 9.96. The first-order chi connectivity index (χ1) is 15.4. The van der Waals surface area contributed by atoms with Crippen molar-refractivity contribution in [2.75, 3.05) is 26.2 Å². The molecule has 5 rings (SSSR count). The molecule has 0 bridgehead atoms. The van der Waals surface area contributed by atoms with E-state index >= 15 is 0 Å². The second-order valence-corrected chi connectivity index (χ2v) is 8.90. The number of hydrogen-bond acceptors (Lipinski definition) is 4. The first-order valence-electron chi connectivity index (χ1n) is 10.9. The van der Waals surface area contributed by atoms with E-state index in [4.69, 9.17) is 4.98 Å². The number of piperazine rings is 1. The van der Waals surface area contributed by atoms with Crippen LogP contribution < -0.4 is 0 Å². The molecule has 6 heteroatoms. The smallest absolute Gasteiger partial charge is 0.123 e. The Bertz CT molecular complexity index is 1040. The summed E-state index contributed by atoms with van der Waals surface area (Å²) in [6, 6.07) is 32.6. The monoisotopic (exact) mass is 497 g/mol. The van der Waals surface area contributed by atoms with Crippen LogP contribution in [0.5, 0.6) is 0 Å². The maximum absolute atomic E-state index is 4.89. The predicted octanol–water partition coefficient (Wildman–Crippen LogP) is 6.56. The van der Waals surface area contributed by atoms with Crippen LogP contribution in [-0.4, -0.2) is 41.0 Å². The van der Waals surface area contributed by atoms with E-state index in [1.165, 1.54) is 22.4 Å². The van der Waals surface area contributed by atoms with Gasteiger partial charge in [-0.25, -0.2) is 4.98 Å². The molecule has 0 saturated carbocycles. The highest BCUT2D eigenvalue weighted by molar-refractivity contribution is 7.13. The molecular weight excluding hydrogens is 469 g/mol. The van der Waals surface area contributed by atoms with Crippen LogP contribution in [0.25, 0.3) is 10.6 Å². The second kappa shape index (κ2) is 12.3. The average Bonchev–Trinajstić information content (AvgIpc) is 3.31. The standard InChI is InChI=1S/C27H27N3S.2ClH/c1-4-10-22(11-5-1)26(23-12-6-2-7-13-23)30-18-16-29(17-19-30)20-25-21-31-27(28-25)24-14-8-3-9-15-24;;/h1-15,21,26H,16-20H2;2*1H. The molecule has 4 aromatic rings. The van der Waals surface area contributed by atoms with Crippen LogP contribution in [0.3, 0.4) is 0 Å². The van der Waals surface area contributed by atoms with E-state index in [2.05, 4.69) is 106 Å². The summed E-state index contributed by atoms with van der Waals surface area (Å²) in [6.07, 6.45) is 0. The molecule has 0 unspecified atom stereocenters. The molecule has 1 aromatic heterocycles. The maximum atomic E-state index is 4.89. The van der Waals surface area contributed by atoms with Gasteiger partial charge in [-0.2, -0.15) is 0 Å². The van der Waals surface area contributed by atoms with E-state index < -0.39 is 0 Å². The SMILES string of the molecule is Cl.Cl.c1ccc(-c2nc(CN3CCN(C(c4ccccc4)c4ccccc4)CC3)cs2)cc1. The van der Waals surface area contributed by atoms with E-state index in [1.54, 1.807) is 11.3 Å². The highest BCUT2D eigenvalue weighted by Crippen LogP contribution is 2.30. The molecule has 3 aromatic carbocycles. The van der Waals surface area contributed by atoms with Crippen molar-refractivity contribution < 1.29 is 0 Å². The van der Waals surface area contributed by atoms with Gasteiger partial charge in [0, 0.05) is 43.7 Å². The predicted molar refractivity (Wildman–Crippen MR) is 144 cm³/mol. The van der Waals surface area contributed by atoms with Crippen molar-refractivity contribution in [1.29, 1.82) is 0 Å². The second-order valence-electron chi connectivity index (χ2n) is 8.05. The number of nitrogens with zero attached hydrogens (tertiary/aromatic N) is 3.